The van der Waals surface area contributed by atoms with Crippen LogP contribution < -0.4 is 5.32 Å². The maximum atomic E-state index is 11.0. The van der Waals surface area contributed by atoms with Gasteiger partial charge in [0, 0.05) is 6.04 Å². The standard InChI is InChI=1S/C13H23NO2/c1-9-5-6-11(7-9)14-8-10-3-2-4-12(10)13(15)16/h9-12,14H,2-8H2,1H3,(H,15,16). The summed E-state index contributed by atoms with van der Waals surface area (Å²) in [6.45, 7) is 3.21. The van der Waals surface area contributed by atoms with Gasteiger partial charge in [0.2, 0.25) is 0 Å². The molecule has 0 radical (unpaired) electrons. The van der Waals surface area contributed by atoms with Gasteiger partial charge in [-0.1, -0.05) is 13.3 Å². The number of hydrogen-bond donors (Lipinski definition) is 2. The van der Waals surface area contributed by atoms with Gasteiger partial charge >= 0.3 is 5.97 Å². The van der Waals surface area contributed by atoms with Crippen LogP contribution in [-0.4, -0.2) is 23.7 Å². The molecule has 92 valence electrons. The van der Waals surface area contributed by atoms with Gasteiger partial charge < -0.3 is 10.4 Å². The van der Waals surface area contributed by atoms with E-state index >= 15 is 0 Å². The predicted octanol–water partition coefficient (Wildman–Crippen LogP) is 2.27. The van der Waals surface area contributed by atoms with E-state index in [0.717, 1.165) is 31.7 Å². The molecule has 2 fully saturated rings. The van der Waals surface area contributed by atoms with E-state index in [1.165, 1.54) is 19.3 Å². The summed E-state index contributed by atoms with van der Waals surface area (Å²) < 4.78 is 0. The molecule has 0 aromatic rings. The zero-order chi connectivity index (χ0) is 11.5. The van der Waals surface area contributed by atoms with Crippen molar-refractivity contribution in [3.05, 3.63) is 0 Å². The molecule has 3 heteroatoms. The van der Waals surface area contributed by atoms with Crippen molar-refractivity contribution < 1.29 is 9.90 Å². The molecule has 2 aliphatic carbocycles. The Morgan fingerprint density at radius 3 is 2.75 bits per heavy atom. The first-order chi connectivity index (χ1) is 7.66. The van der Waals surface area contributed by atoms with E-state index in [0.29, 0.717) is 12.0 Å². The van der Waals surface area contributed by atoms with E-state index < -0.39 is 5.97 Å². The summed E-state index contributed by atoms with van der Waals surface area (Å²) in [5, 5.41) is 12.7. The van der Waals surface area contributed by atoms with E-state index in [2.05, 4.69) is 12.2 Å². The van der Waals surface area contributed by atoms with Crippen LogP contribution in [0, 0.1) is 17.8 Å². The van der Waals surface area contributed by atoms with Crippen molar-refractivity contribution in [2.75, 3.05) is 6.54 Å². The third kappa shape index (κ3) is 2.76. The smallest absolute Gasteiger partial charge is 0.306 e. The average Bonchev–Trinajstić information content (AvgIpc) is 2.83. The molecule has 0 heterocycles. The summed E-state index contributed by atoms with van der Waals surface area (Å²) in [5.74, 6) is 0.528. The lowest BCUT2D eigenvalue weighted by atomic mass is 9.96. The number of hydrogen-bond acceptors (Lipinski definition) is 2. The molecule has 3 nitrogen and oxygen atoms in total. The molecule has 2 N–H and O–H groups in total. The first kappa shape index (κ1) is 11.9. The lowest BCUT2D eigenvalue weighted by molar-refractivity contribution is -0.142. The van der Waals surface area contributed by atoms with Crippen molar-refractivity contribution in [2.45, 2.75) is 51.5 Å². The van der Waals surface area contributed by atoms with Crippen molar-refractivity contribution >= 4 is 5.97 Å². The molecule has 0 aliphatic heterocycles. The monoisotopic (exact) mass is 225 g/mol. The summed E-state index contributed by atoms with van der Waals surface area (Å²) in [5.41, 5.74) is 0. The largest absolute Gasteiger partial charge is 0.481 e. The molecule has 16 heavy (non-hydrogen) atoms. The highest BCUT2D eigenvalue weighted by Crippen LogP contribution is 2.32. The van der Waals surface area contributed by atoms with E-state index in [9.17, 15) is 4.79 Å². The zero-order valence-electron chi connectivity index (χ0n) is 10.1. The van der Waals surface area contributed by atoms with E-state index in [4.69, 9.17) is 5.11 Å². The molecule has 0 bridgehead atoms. The van der Waals surface area contributed by atoms with Crippen molar-refractivity contribution in [2.24, 2.45) is 17.8 Å². The van der Waals surface area contributed by atoms with Gasteiger partial charge in [-0.15, -0.1) is 0 Å². The second-order valence-electron chi connectivity index (χ2n) is 5.66. The van der Waals surface area contributed by atoms with Gasteiger partial charge in [0.05, 0.1) is 5.92 Å². The fourth-order valence-electron chi connectivity index (χ4n) is 3.32. The minimum absolute atomic E-state index is 0.0914. The fourth-order valence-corrected chi connectivity index (χ4v) is 3.32. The zero-order valence-corrected chi connectivity index (χ0v) is 10.1. The number of carbonyl (C=O) groups is 1. The number of aliphatic carboxylic acids is 1. The Kier molecular flexibility index (Phi) is 3.85. The molecule has 2 rings (SSSR count). The highest BCUT2D eigenvalue weighted by atomic mass is 16.4. The van der Waals surface area contributed by atoms with E-state index in [-0.39, 0.29) is 5.92 Å². The Balaban J connectivity index is 1.75. The molecule has 2 saturated carbocycles. The second-order valence-corrected chi connectivity index (χ2v) is 5.66. The molecule has 0 saturated heterocycles. The van der Waals surface area contributed by atoms with Gasteiger partial charge in [-0.05, 0) is 50.5 Å². The molecule has 4 atom stereocenters. The van der Waals surface area contributed by atoms with Crippen molar-refractivity contribution in [3.8, 4) is 0 Å². The van der Waals surface area contributed by atoms with Gasteiger partial charge in [-0.25, -0.2) is 0 Å². The number of carboxylic acids is 1. The van der Waals surface area contributed by atoms with Crippen LogP contribution in [0.15, 0.2) is 0 Å². The Morgan fingerprint density at radius 2 is 2.12 bits per heavy atom. The van der Waals surface area contributed by atoms with Crippen LogP contribution in [0.3, 0.4) is 0 Å². The normalized spacial score (nSPS) is 39.1. The van der Waals surface area contributed by atoms with Gasteiger partial charge in [0.15, 0.2) is 0 Å². The lowest BCUT2D eigenvalue weighted by Gasteiger charge is -2.19. The summed E-state index contributed by atoms with van der Waals surface area (Å²) in [7, 11) is 0. The maximum Gasteiger partial charge on any atom is 0.306 e. The topological polar surface area (TPSA) is 49.3 Å². The Morgan fingerprint density at radius 1 is 1.31 bits per heavy atom. The van der Waals surface area contributed by atoms with Crippen molar-refractivity contribution in [3.63, 3.8) is 0 Å². The summed E-state index contributed by atoms with van der Waals surface area (Å²) in [4.78, 5) is 11.0. The molecule has 0 spiro atoms. The number of rotatable bonds is 4. The van der Waals surface area contributed by atoms with E-state index in [1.54, 1.807) is 0 Å². The molecular weight excluding hydrogens is 202 g/mol. The minimum Gasteiger partial charge on any atom is -0.481 e. The van der Waals surface area contributed by atoms with E-state index in [1.807, 2.05) is 0 Å². The van der Waals surface area contributed by atoms with Crippen LogP contribution in [0.5, 0.6) is 0 Å². The predicted molar refractivity (Wildman–Crippen MR) is 63.3 cm³/mol. The van der Waals surface area contributed by atoms with Crippen LogP contribution in [0.2, 0.25) is 0 Å². The Hall–Kier alpha value is -0.570. The molecule has 0 aromatic heterocycles. The average molecular weight is 225 g/mol. The molecule has 2 aliphatic rings. The highest BCUT2D eigenvalue weighted by Gasteiger charge is 2.33. The molecule has 0 aromatic carbocycles. The minimum atomic E-state index is -0.593. The summed E-state index contributed by atoms with van der Waals surface area (Å²) >= 11 is 0. The van der Waals surface area contributed by atoms with Crippen molar-refractivity contribution in [1.82, 2.24) is 5.32 Å². The van der Waals surface area contributed by atoms with Gasteiger partial charge in [0.25, 0.3) is 0 Å². The Bertz CT molecular complexity index is 254. The fraction of sp³-hybridized carbons (Fsp3) is 0.923. The molecular formula is C13H23NO2. The Labute approximate surface area is 97.6 Å². The maximum absolute atomic E-state index is 11.0. The van der Waals surface area contributed by atoms with Crippen LogP contribution in [0.1, 0.15) is 45.4 Å². The quantitative estimate of drug-likeness (QED) is 0.771. The lowest BCUT2D eigenvalue weighted by Crippen LogP contribution is -2.34. The SMILES string of the molecule is CC1CCC(NCC2CCCC2C(=O)O)C1. The van der Waals surface area contributed by atoms with Gasteiger partial charge in [0.1, 0.15) is 0 Å². The second kappa shape index (κ2) is 5.17. The van der Waals surface area contributed by atoms with Gasteiger partial charge in [-0.3, -0.25) is 4.79 Å². The van der Waals surface area contributed by atoms with Crippen LogP contribution in [-0.2, 0) is 4.79 Å². The van der Waals surface area contributed by atoms with Crippen LogP contribution in [0.25, 0.3) is 0 Å². The summed E-state index contributed by atoms with van der Waals surface area (Å²) in [6, 6.07) is 0.644. The van der Waals surface area contributed by atoms with Gasteiger partial charge in [-0.2, -0.15) is 0 Å². The third-order valence-electron chi connectivity index (χ3n) is 4.34. The molecule has 0 amide bonds. The van der Waals surface area contributed by atoms with Crippen LogP contribution >= 0.6 is 0 Å². The first-order valence-electron chi connectivity index (χ1n) is 6.63. The number of carboxylic acid groups (broad SMARTS) is 1. The number of nitrogens with one attached hydrogen (secondary N) is 1. The van der Waals surface area contributed by atoms with Crippen molar-refractivity contribution in [1.29, 1.82) is 0 Å². The molecule has 4 unspecified atom stereocenters. The third-order valence-corrected chi connectivity index (χ3v) is 4.34. The first-order valence-corrected chi connectivity index (χ1v) is 6.63. The van der Waals surface area contributed by atoms with Crippen LogP contribution in [0.4, 0.5) is 0 Å². The summed E-state index contributed by atoms with van der Waals surface area (Å²) in [6.07, 6.45) is 6.92. The highest BCUT2D eigenvalue weighted by molar-refractivity contribution is 5.70.